The topological polar surface area (TPSA) is 87.2 Å². The number of hydrogen-bond donors (Lipinski definition) is 2. The van der Waals surface area contributed by atoms with E-state index in [1.54, 1.807) is 47.6 Å². The summed E-state index contributed by atoms with van der Waals surface area (Å²) >= 11 is 0. The number of benzene rings is 1. The van der Waals surface area contributed by atoms with Gasteiger partial charge in [0, 0.05) is 31.0 Å². The number of carbonyl (C=O) groups is 2. The quantitative estimate of drug-likeness (QED) is 0.841. The van der Waals surface area contributed by atoms with E-state index in [4.69, 9.17) is 0 Å². The van der Waals surface area contributed by atoms with Crippen molar-refractivity contribution >= 4 is 17.8 Å². The molecule has 0 saturated carbocycles. The molecule has 0 unspecified atom stereocenters. The first-order valence-corrected chi connectivity index (χ1v) is 7.37. The Balaban J connectivity index is 1.40. The van der Waals surface area contributed by atoms with Gasteiger partial charge in [0.15, 0.2) is 0 Å². The summed E-state index contributed by atoms with van der Waals surface area (Å²) in [4.78, 5) is 33.7. The lowest BCUT2D eigenvalue weighted by molar-refractivity contribution is -0.133. The molecule has 7 nitrogen and oxygen atoms in total. The molecule has 1 fully saturated rings. The molecule has 0 bridgehead atoms. The number of rotatable bonds is 5. The maximum absolute atomic E-state index is 12.0. The molecule has 1 saturated heterocycles. The molecule has 1 aliphatic heterocycles. The van der Waals surface area contributed by atoms with Crippen molar-refractivity contribution in [2.24, 2.45) is 0 Å². The van der Waals surface area contributed by atoms with Gasteiger partial charge < -0.3 is 15.5 Å². The van der Waals surface area contributed by atoms with Gasteiger partial charge in [0.05, 0.1) is 12.6 Å². The molecule has 0 spiro atoms. The number of anilines is 1. The number of nitrogens with zero attached hydrogens (tertiary/aromatic N) is 3. The van der Waals surface area contributed by atoms with Crippen molar-refractivity contribution < 1.29 is 9.59 Å². The van der Waals surface area contributed by atoms with E-state index in [0.29, 0.717) is 24.6 Å². The highest BCUT2D eigenvalue weighted by Gasteiger charge is 2.30. The van der Waals surface area contributed by atoms with E-state index in [2.05, 4.69) is 20.6 Å². The van der Waals surface area contributed by atoms with Crippen LogP contribution >= 0.6 is 0 Å². The molecule has 23 heavy (non-hydrogen) atoms. The van der Waals surface area contributed by atoms with E-state index in [1.165, 1.54) is 0 Å². The van der Waals surface area contributed by atoms with Crippen LogP contribution in [0.25, 0.3) is 0 Å². The highest BCUT2D eigenvalue weighted by molar-refractivity contribution is 5.96. The molecule has 0 atom stereocenters. The third kappa shape index (κ3) is 3.82. The molecule has 118 valence electrons. The van der Waals surface area contributed by atoms with E-state index < -0.39 is 0 Å². The smallest absolute Gasteiger partial charge is 0.251 e. The summed E-state index contributed by atoms with van der Waals surface area (Å²) < 4.78 is 0. The van der Waals surface area contributed by atoms with Crippen LogP contribution in [-0.4, -0.2) is 52.4 Å². The third-order valence-electron chi connectivity index (χ3n) is 3.57. The first kappa shape index (κ1) is 15.0. The molecule has 2 aromatic rings. The maximum Gasteiger partial charge on any atom is 0.251 e. The van der Waals surface area contributed by atoms with Crippen molar-refractivity contribution in [2.75, 3.05) is 25.0 Å². The fourth-order valence-electron chi connectivity index (χ4n) is 2.29. The number of amides is 2. The average Bonchev–Trinajstić information content (AvgIpc) is 2.57. The number of carbonyl (C=O) groups excluding carboxylic acids is 2. The van der Waals surface area contributed by atoms with Gasteiger partial charge in [-0.05, 0) is 18.2 Å². The molecule has 3 rings (SSSR count). The van der Waals surface area contributed by atoms with Crippen LogP contribution in [0.1, 0.15) is 10.4 Å². The highest BCUT2D eigenvalue weighted by Crippen LogP contribution is 2.11. The molecule has 0 radical (unpaired) electrons. The SMILES string of the molecule is O=C(NCC(=O)N1CC(Nc2ncccn2)C1)c1ccccc1. The molecule has 2 amide bonds. The van der Waals surface area contributed by atoms with Crippen molar-refractivity contribution in [1.82, 2.24) is 20.2 Å². The second-order valence-electron chi connectivity index (χ2n) is 5.26. The van der Waals surface area contributed by atoms with Crippen molar-refractivity contribution in [3.8, 4) is 0 Å². The van der Waals surface area contributed by atoms with Crippen LogP contribution in [0.5, 0.6) is 0 Å². The summed E-state index contributed by atoms with van der Waals surface area (Å²) in [6, 6.07) is 10.7. The summed E-state index contributed by atoms with van der Waals surface area (Å²) in [5.74, 6) is 0.218. The summed E-state index contributed by atoms with van der Waals surface area (Å²) in [6.45, 7) is 1.17. The Labute approximate surface area is 133 Å². The Bertz CT molecular complexity index is 671. The summed E-state index contributed by atoms with van der Waals surface area (Å²) in [5, 5.41) is 5.79. The van der Waals surface area contributed by atoms with E-state index in [0.717, 1.165) is 0 Å². The molecule has 7 heteroatoms. The lowest BCUT2D eigenvalue weighted by Gasteiger charge is -2.39. The Kier molecular flexibility index (Phi) is 4.46. The van der Waals surface area contributed by atoms with Gasteiger partial charge >= 0.3 is 0 Å². The number of aromatic nitrogens is 2. The highest BCUT2D eigenvalue weighted by atomic mass is 16.2. The van der Waals surface area contributed by atoms with Crippen molar-refractivity contribution in [3.63, 3.8) is 0 Å². The van der Waals surface area contributed by atoms with Crippen LogP contribution in [0.15, 0.2) is 48.8 Å². The molecular weight excluding hydrogens is 294 g/mol. The number of nitrogens with one attached hydrogen (secondary N) is 2. The van der Waals surface area contributed by atoms with Gasteiger partial charge in [-0.25, -0.2) is 9.97 Å². The number of hydrogen-bond acceptors (Lipinski definition) is 5. The van der Waals surface area contributed by atoms with Gasteiger partial charge in [-0.15, -0.1) is 0 Å². The molecule has 1 aromatic carbocycles. The van der Waals surface area contributed by atoms with Gasteiger partial charge in [0.1, 0.15) is 0 Å². The van der Waals surface area contributed by atoms with Gasteiger partial charge in [-0.1, -0.05) is 18.2 Å². The summed E-state index contributed by atoms with van der Waals surface area (Å²) in [6.07, 6.45) is 3.33. The Hall–Kier alpha value is -2.96. The van der Waals surface area contributed by atoms with E-state index >= 15 is 0 Å². The Morgan fingerprint density at radius 2 is 1.78 bits per heavy atom. The van der Waals surface area contributed by atoms with Crippen LogP contribution in [0.3, 0.4) is 0 Å². The van der Waals surface area contributed by atoms with Crippen LogP contribution in [0.2, 0.25) is 0 Å². The van der Waals surface area contributed by atoms with Crippen LogP contribution in [-0.2, 0) is 4.79 Å². The normalized spacial score (nSPS) is 14.0. The van der Waals surface area contributed by atoms with Crippen LogP contribution < -0.4 is 10.6 Å². The second kappa shape index (κ2) is 6.87. The van der Waals surface area contributed by atoms with Gasteiger partial charge in [0.25, 0.3) is 5.91 Å². The lowest BCUT2D eigenvalue weighted by Crippen LogP contribution is -2.59. The minimum atomic E-state index is -0.244. The van der Waals surface area contributed by atoms with Crippen LogP contribution in [0.4, 0.5) is 5.95 Å². The largest absolute Gasteiger partial charge is 0.348 e. The maximum atomic E-state index is 12.0. The summed E-state index contributed by atoms with van der Waals surface area (Å²) in [5.41, 5.74) is 0.546. The predicted octanol–water partition coefficient (Wildman–Crippen LogP) is 0.529. The molecule has 0 aliphatic carbocycles. The monoisotopic (exact) mass is 311 g/mol. The predicted molar refractivity (Wildman–Crippen MR) is 84.8 cm³/mol. The zero-order chi connectivity index (χ0) is 16.1. The molecule has 2 N–H and O–H groups in total. The van der Waals surface area contributed by atoms with Gasteiger partial charge in [0.2, 0.25) is 11.9 Å². The van der Waals surface area contributed by atoms with E-state index in [-0.39, 0.29) is 24.4 Å². The Morgan fingerprint density at radius 1 is 1.09 bits per heavy atom. The minimum absolute atomic E-state index is 0.00227. The fourth-order valence-corrected chi connectivity index (χ4v) is 2.29. The minimum Gasteiger partial charge on any atom is -0.348 e. The fraction of sp³-hybridized carbons (Fsp3) is 0.250. The summed E-state index contributed by atoms with van der Waals surface area (Å²) in [7, 11) is 0. The zero-order valence-corrected chi connectivity index (χ0v) is 12.5. The van der Waals surface area contributed by atoms with E-state index in [9.17, 15) is 9.59 Å². The van der Waals surface area contributed by atoms with Gasteiger partial charge in [-0.3, -0.25) is 9.59 Å². The Morgan fingerprint density at radius 3 is 2.48 bits per heavy atom. The van der Waals surface area contributed by atoms with Gasteiger partial charge in [-0.2, -0.15) is 0 Å². The van der Waals surface area contributed by atoms with Crippen LogP contribution in [0, 0.1) is 0 Å². The van der Waals surface area contributed by atoms with Crippen molar-refractivity contribution in [2.45, 2.75) is 6.04 Å². The molecule has 1 aliphatic rings. The first-order chi connectivity index (χ1) is 11.2. The molecular formula is C16H17N5O2. The lowest BCUT2D eigenvalue weighted by atomic mass is 10.1. The van der Waals surface area contributed by atoms with E-state index in [1.807, 2.05) is 6.07 Å². The van der Waals surface area contributed by atoms with Crippen molar-refractivity contribution in [3.05, 3.63) is 54.4 Å². The molecule has 1 aromatic heterocycles. The number of likely N-dealkylation sites (tertiary alicyclic amines) is 1. The second-order valence-corrected chi connectivity index (χ2v) is 5.26. The zero-order valence-electron chi connectivity index (χ0n) is 12.5. The standard InChI is InChI=1S/C16H17N5O2/c22-14(9-19-15(23)12-5-2-1-3-6-12)21-10-13(11-21)20-16-17-7-4-8-18-16/h1-8,13H,9-11H2,(H,19,23)(H,17,18,20). The first-order valence-electron chi connectivity index (χ1n) is 7.37. The third-order valence-corrected chi connectivity index (χ3v) is 3.57. The average molecular weight is 311 g/mol. The van der Waals surface area contributed by atoms with Crippen molar-refractivity contribution in [1.29, 1.82) is 0 Å². The molecule has 2 heterocycles.